The van der Waals surface area contributed by atoms with Gasteiger partial charge in [0.1, 0.15) is 0 Å². The van der Waals surface area contributed by atoms with E-state index in [9.17, 15) is 0 Å². The van der Waals surface area contributed by atoms with E-state index < -0.39 is 0 Å². The minimum Gasteiger partial charge on any atom is -0.371 e. The predicted octanol–water partition coefficient (Wildman–Crippen LogP) is 4.42. The van der Waals surface area contributed by atoms with Gasteiger partial charge in [-0.15, -0.1) is 11.6 Å². The zero-order valence-electron chi connectivity index (χ0n) is 9.71. The third kappa shape index (κ3) is 2.54. The lowest BCUT2D eigenvalue weighted by Crippen LogP contribution is -2.31. The number of alkyl halides is 1. The van der Waals surface area contributed by atoms with Gasteiger partial charge in [-0.3, -0.25) is 0 Å². The first-order chi connectivity index (χ1) is 7.63. The van der Waals surface area contributed by atoms with Gasteiger partial charge in [0.25, 0.3) is 0 Å². The summed E-state index contributed by atoms with van der Waals surface area (Å²) in [5, 5.41) is 0. The number of nitrogens with zero attached hydrogens (tertiary/aromatic N) is 1. The van der Waals surface area contributed by atoms with Crippen molar-refractivity contribution in [2.75, 3.05) is 11.9 Å². The van der Waals surface area contributed by atoms with Gasteiger partial charge in [0.2, 0.25) is 0 Å². The van der Waals surface area contributed by atoms with Gasteiger partial charge < -0.3 is 4.90 Å². The van der Waals surface area contributed by atoms with Crippen LogP contribution in [0.1, 0.15) is 25.3 Å². The zero-order chi connectivity index (χ0) is 11.7. The fourth-order valence-electron chi connectivity index (χ4n) is 2.09. The minimum absolute atomic E-state index is 0.574. The van der Waals surface area contributed by atoms with Gasteiger partial charge in [-0.1, -0.05) is 22.0 Å². The molecule has 16 heavy (non-hydrogen) atoms. The molecule has 3 heteroatoms. The van der Waals surface area contributed by atoms with Crippen LogP contribution in [-0.4, -0.2) is 13.1 Å². The molecular formula is C13H17BrClN. The molecule has 0 aliphatic heterocycles. The van der Waals surface area contributed by atoms with Crippen LogP contribution < -0.4 is 4.90 Å². The maximum atomic E-state index is 5.99. The first-order valence-electron chi connectivity index (χ1n) is 5.70. The Morgan fingerprint density at radius 3 is 2.75 bits per heavy atom. The van der Waals surface area contributed by atoms with Gasteiger partial charge in [0.15, 0.2) is 0 Å². The molecule has 1 unspecified atom stereocenters. The standard InChI is InChI=1S/C13H17BrClN/c1-9(10-3-4-10)16(2)13-7-12(14)6-5-11(13)8-15/h5-7,9-10H,3-4,8H2,1-2H3. The van der Waals surface area contributed by atoms with Crippen molar-refractivity contribution >= 4 is 33.2 Å². The van der Waals surface area contributed by atoms with E-state index >= 15 is 0 Å². The Bertz CT molecular complexity index is 376. The van der Waals surface area contributed by atoms with Crippen molar-refractivity contribution in [3.05, 3.63) is 28.2 Å². The number of hydrogen-bond acceptors (Lipinski definition) is 1. The molecule has 0 heterocycles. The second-order valence-electron chi connectivity index (χ2n) is 4.60. The van der Waals surface area contributed by atoms with Crippen LogP contribution in [0.15, 0.2) is 22.7 Å². The number of hydrogen-bond donors (Lipinski definition) is 0. The quantitative estimate of drug-likeness (QED) is 0.744. The Balaban J connectivity index is 2.26. The van der Waals surface area contributed by atoms with E-state index in [1.54, 1.807) is 0 Å². The molecule has 1 aliphatic carbocycles. The molecule has 0 radical (unpaired) electrons. The number of benzene rings is 1. The lowest BCUT2D eigenvalue weighted by atomic mass is 10.1. The van der Waals surface area contributed by atoms with Crippen molar-refractivity contribution in [1.29, 1.82) is 0 Å². The van der Waals surface area contributed by atoms with Crippen molar-refractivity contribution in [2.45, 2.75) is 31.7 Å². The van der Waals surface area contributed by atoms with E-state index in [4.69, 9.17) is 11.6 Å². The lowest BCUT2D eigenvalue weighted by Gasteiger charge is -2.29. The fourth-order valence-corrected chi connectivity index (χ4v) is 2.67. The van der Waals surface area contributed by atoms with Gasteiger partial charge in [-0.05, 0) is 43.4 Å². The van der Waals surface area contributed by atoms with Crippen molar-refractivity contribution in [3.8, 4) is 0 Å². The summed E-state index contributed by atoms with van der Waals surface area (Å²) in [6.07, 6.45) is 2.74. The zero-order valence-corrected chi connectivity index (χ0v) is 12.1. The minimum atomic E-state index is 0.574. The molecule has 1 fully saturated rings. The Morgan fingerprint density at radius 2 is 2.19 bits per heavy atom. The smallest absolute Gasteiger partial charge is 0.0494 e. The highest BCUT2D eigenvalue weighted by Gasteiger charge is 2.31. The van der Waals surface area contributed by atoms with Crippen molar-refractivity contribution < 1.29 is 0 Å². The van der Waals surface area contributed by atoms with Gasteiger partial charge in [-0.25, -0.2) is 0 Å². The SMILES string of the molecule is CC(C1CC1)N(C)c1cc(Br)ccc1CCl. The Hall–Kier alpha value is -0.210. The van der Waals surface area contributed by atoms with E-state index in [2.05, 4.69) is 53.0 Å². The summed E-state index contributed by atoms with van der Waals surface area (Å²) in [6.45, 7) is 2.30. The molecule has 0 bridgehead atoms. The topological polar surface area (TPSA) is 3.24 Å². The first-order valence-corrected chi connectivity index (χ1v) is 7.03. The number of rotatable bonds is 4. The molecule has 0 N–H and O–H groups in total. The highest BCUT2D eigenvalue weighted by molar-refractivity contribution is 9.10. The molecule has 1 nitrogen and oxygen atoms in total. The molecular weight excluding hydrogens is 286 g/mol. The molecule has 1 saturated carbocycles. The van der Waals surface area contributed by atoms with Crippen molar-refractivity contribution in [1.82, 2.24) is 0 Å². The van der Waals surface area contributed by atoms with E-state index in [-0.39, 0.29) is 0 Å². The van der Waals surface area contributed by atoms with Crippen molar-refractivity contribution in [3.63, 3.8) is 0 Å². The van der Waals surface area contributed by atoms with Crippen molar-refractivity contribution in [2.24, 2.45) is 5.92 Å². The molecule has 88 valence electrons. The molecule has 1 aromatic rings. The summed E-state index contributed by atoms with van der Waals surface area (Å²) < 4.78 is 1.12. The lowest BCUT2D eigenvalue weighted by molar-refractivity contribution is 0.608. The summed E-state index contributed by atoms with van der Waals surface area (Å²) in [6, 6.07) is 6.92. The molecule has 2 rings (SSSR count). The monoisotopic (exact) mass is 301 g/mol. The summed E-state index contributed by atoms with van der Waals surface area (Å²) in [7, 11) is 2.17. The van der Waals surface area contributed by atoms with Crippen LogP contribution in [0, 0.1) is 5.92 Å². The Kier molecular flexibility index (Phi) is 3.81. The van der Waals surface area contributed by atoms with Crippen LogP contribution in [0.2, 0.25) is 0 Å². The van der Waals surface area contributed by atoms with E-state index in [1.165, 1.54) is 24.1 Å². The maximum absolute atomic E-state index is 5.99. The third-order valence-electron chi connectivity index (χ3n) is 3.49. The van der Waals surface area contributed by atoms with Crippen LogP contribution in [0.5, 0.6) is 0 Å². The summed E-state index contributed by atoms with van der Waals surface area (Å²) in [5.41, 5.74) is 2.46. The van der Waals surface area contributed by atoms with Crippen LogP contribution >= 0.6 is 27.5 Å². The molecule has 1 aromatic carbocycles. The van der Waals surface area contributed by atoms with Crippen LogP contribution in [0.25, 0.3) is 0 Å². The molecule has 0 saturated heterocycles. The Morgan fingerprint density at radius 1 is 1.50 bits per heavy atom. The average molecular weight is 303 g/mol. The van der Waals surface area contributed by atoms with Crippen LogP contribution in [0.4, 0.5) is 5.69 Å². The van der Waals surface area contributed by atoms with Gasteiger partial charge >= 0.3 is 0 Å². The second kappa shape index (κ2) is 4.97. The molecule has 1 atom stereocenters. The van der Waals surface area contributed by atoms with Crippen LogP contribution in [0.3, 0.4) is 0 Å². The fraction of sp³-hybridized carbons (Fsp3) is 0.538. The number of halogens is 2. The van der Waals surface area contributed by atoms with Gasteiger partial charge in [-0.2, -0.15) is 0 Å². The first kappa shape index (κ1) is 12.3. The van der Waals surface area contributed by atoms with E-state index in [1.807, 2.05) is 0 Å². The molecule has 0 aromatic heterocycles. The average Bonchev–Trinajstić information content (AvgIpc) is 3.11. The van der Waals surface area contributed by atoms with Gasteiger partial charge in [0.05, 0.1) is 0 Å². The Labute approximate surface area is 111 Å². The molecule has 0 spiro atoms. The number of anilines is 1. The van der Waals surface area contributed by atoms with Gasteiger partial charge in [0, 0.05) is 29.1 Å². The maximum Gasteiger partial charge on any atom is 0.0494 e. The van der Waals surface area contributed by atoms with E-state index in [0.29, 0.717) is 11.9 Å². The summed E-state index contributed by atoms with van der Waals surface area (Å²) in [4.78, 5) is 2.36. The summed E-state index contributed by atoms with van der Waals surface area (Å²) in [5.74, 6) is 1.44. The third-order valence-corrected chi connectivity index (χ3v) is 4.27. The predicted molar refractivity (Wildman–Crippen MR) is 74.3 cm³/mol. The normalized spacial score (nSPS) is 17.2. The summed E-state index contributed by atoms with van der Waals surface area (Å²) >= 11 is 9.51. The largest absolute Gasteiger partial charge is 0.371 e. The van der Waals surface area contributed by atoms with E-state index in [0.717, 1.165) is 10.4 Å². The van der Waals surface area contributed by atoms with Crippen LogP contribution in [-0.2, 0) is 5.88 Å². The molecule has 1 aliphatic rings. The second-order valence-corrected chi connectivity index (χ2v) is 5.78. The highest BCUT2D eigenvalue weighted by Crippen LogP contribution is 2.37. The molecule has 0 amide bonds. The highest BCUT2D eigenvalue weighted by atomic mass is 79.9.